The van der Waals surface area contributed by atoms with Gasteiger partial charge in [0.15, 0.2) is 11.5 Å². The van der Waals surface area contributed by atoms with E-state index in [-0.39, 0.29) is 5.82 Å². The third-order valence-electron chi connectivity index (χ3n) is 3.62. The van der Waals surface area contributed by atoms with Gasteiger partial charge >= 0.3 is 23.5 Å². The van der Waals surface area contributed by atoms with Crippen LogP contribution in [0, 0.1) is 0 Å². The van der Waals surface area contributed by atoms with Crippen molar-refractivity contribution in [3.05, 3.63) is 12.7 Å². The standard InChI is InChI=1S/C10H16N5O11P3/c11-9-8-10(13-4-12-9)15(5-14-8)7-2-1-6(24-7)3-23-28(19,20)26-29(21,22)25-27(16,17)18/h4-7H,1-3H2,(H,19,20)(H,21,22)(H2,11,12,13)(H2,16,17,18)/t6-,7+/m1/s1/i29+1. The highest BCUT2D eigenvalue weighted by Crippen LogP contribution is 2.66. The highest BCUT2D eigenvalue weighted by Gasteiger charge is 2.41. The van der Waals surface area contributed by atoms with Gasteiger partial charge in [0.05, 0.1) is 19.0 Å². The molecule has 2 unspecified atom stereocenters. The van der Waals surface area contributed by atoms with Crippen LogP contribution in [0.3, 0.4) is 0 Å². The van der Waals surface area contributed by atoms with E-state index < -0.39 is 42.4 Å². The summed E-state index contributed by atoms with van der Waals surface area (Å²) < 4.78 is 52.7. The van der Waals surface area contributed by atoms with Crippen molar-refractivity contribution in [2.45, 2.75) is 25.2 Å². The zero-order valence-corrected chi connectivity index (χ0v) is 17.0. The number of imidazole rings is 1. The minimum atomic E-state index is -5.56. The van der Waals surface area contributed by atoms with Gasteiger partial charge in [-0.2, -0.15) is 8.62 Å². The zero-order chi connectivity index (χ0) is 21.4. The largest absolute Gasteiger partial charge is 0.490 e. The molecule has 2 aromatic rings. The molecular formula is C10H16N5O11P3. The summed E-state index contributed by atoms with van der Waals surface area (Å²) in [5, 5.41) is 0. The SMILES string of the molecule is Nc1ncnc2c1ncn2[C@@H]1CC[C@H](COP(=O)(O)O[32P](=O)(O)OP(=O)(O)O)O1. The maximum atomic E-state index is 11.7. The summed E-state index contributed by atoms with van der Waals surface area (Å²) in [7, 11) is -16.2. The first-order valence-electron chi connectivity index (χ1n) is 7.72. The lowest BCUT2D eigenvalue weighted by Gasteiger charge is -2.18. The molecule has 16 nitrogen and oxygen atoms in total. The highest BCUT2D eigenvalue weighted by molar-refractivity contribution is 7.66. The average molecular weight is 476 g/mol. The summed E-state index contributed by atoms with van der Waals surface area (Å²) in [4.78, 5) is 47.6. The molecule has 3 heterocycles. The summed E-state index contributed by atoms with van der Waals surface area (Å²) in [6.07, 6.45) is 2.30. The van der Waals surface area contributed by atoms with E-state index in [0.717, 1.165) is 0 Å². The Morgan fingerprint density at radius 1 is 1.10 bits per heavy atom. The molecule has 1 aliphatic heterocycles. The van der Waals surface area contributed by atoms with Gasteiger partial charge in [-0.15, -0.1) is 0 Å². The number of fused-ring (bicyclic) bond motifs is 1. The van der Waals surface area contributed by atoms with Gasteiger partial charge < -0.3 is 30.0 Å². The quantitative estimate of drug-likeness (QED) is 0.325. The monoisotopic (exact) mass is 476 g/mol. The maximum Gasteiger partial charge on any atom is 0.490 e. The maximum absolute atomic E-state index is 11.7. The summed E-state index contributed by atoms with van der Waals surface area (Å²) in [6, 6.07) is 0. The first-order chi connectivity index (χ1) is 13.4. The second kappa shape index (κ2) is 8.10. The molecule has 0 bridgehead atoms. The van der Waals surface area contributed by atoms with Crippen LogP contribution in [0.2, 0.25) is 0 Å². The molecule has 0 amide bonds. The number of ether oxygens (including phenoxy) is 1. The van der Waals surface area contributed by atoms with Gasteiger partial charge in [-0.05, 0) is 12.8 Å². The molecule has 0 saturated carbocycles. The molecule has 162 valence electrons. The third-order valence-corrected chi connectivity index (χ3v) is 7.42. The molecule has 0 radical (unpaired) electrons. The second-order valence-electron chi connectivity index (χ2n) is 5.76. The fourth-order valence-corrected chi connectivity index (χ4v) is 5.62. The molecular weight excluding hydrogens is 460 g/mol. The van der Waals surface area contributed by atoms with E-state index >= 15 is 0 Å². The number of hydrogen-bond acceptors (Lipinski definition) is 11. The fourth-order valence-electron chi connectivity index (χ4n) is 2.58. The van der Waals surface area contributed by atoms with Crippen LogP contribution in [0.15, 0.2) is 12.7 Å². The van der Waals surface area contributed by atoms with Crippen LogP contribution < -0.4 is 5.73 Å². The lowest BCUT2D eigenvalue weighted by Crippen LogP contribution is -2.16. The molecule has 3 rings (SSSR count). The van der Waals surface area contributed by atoms with E-state index in [1.807, 2.05) is 0 Å². The van der Waals surface area contributed by atoms with Crippen LogP contribution in [-0.4, -0.2) is 51.8 Å². The molecule has 0 aromatic carbocycles. The third kappa shape index (κ3) is 5.87. The number of aromatic nitrogens is 4. The molecule has 1 aliphatic rings. The van der Waals surface area contributed by atoms with Crippen molar-refractivity contribution in [3.8, 4) is 0 Å². The molecule has 4 atom stereocenters. The van der Waals surface area contributed by atoms with E-state index in [4.69, 9.17) is 25.2 Å². The van der Waals surface area contributed by atoms with Crippen molar-refractivity contribution in [1.82, 2.24) is 19.5 Å². The van der Waals surface area contributed by atoms with Crippen LogP contribution in [-0.2, 0) is 31.6 Å². The zero-order valence-electron chi connectivity index (χ0n) is 14.3. The summed E-state index contributed by atoms with van der Waals surface area (Å²) >= 11 is 0. The van der Waals surface area contributed by atoms with Gasteiger partial charge in [-0.25, -0.2) is 28.6 Å². The predicted molar refractivity (Wildman–Crippen MR) is 92.7 cm³/mol. The number of phosphoric acid groups is 3. The van der Waals surface area contributed by atoms with Crippen LogP contribution in [0.5, 0.6) is 0 Å². The Balaban J connectivity index is 1.58. The smallest absolute Gasteiger partial charge is 0.382 e. The van der Waals surface area contributed by atoms with Gasteiger partial charge in [0, 0.05) is 0 Å². The molecule has 6 N–H and O–H groups in total. The Morgan fingerprint density at radius 2 is 1.83 bits per heavy atom. The van der Waals surface area contributed by atoms with Gasteiger partial charge in [-0.3, -0.25) is 9.09 Å². The number of nitrogen functional groups attached to an aromatic ring is 1. The van der Waals surface area contributed by atoms with Crippen molar-refractivity contribution in [3.63, 3.8) is 0 Å². The lowest BCUT2D eigenvalue weighted by molar-refractivity contribution is -0.0205. The molecule has 0 aliphatic carbocycles. The van der Waals surface area contributed by atoms with E-state index in [2.05, 4.69) is 28.1 Å². The van der Waals surface area contributed by atoms with E-state index in [0.29, 0.717) is 24.0 Å². The van der Waals surface area contributed by atoms with Crippen molar-refractivity contribution < 1.29 is 51.2 Å². The minimum Gasteiger partial charge on any atom is -0.382 e. The molecule has 1 saturated heterocycles. The van der Waals surface area contributed by atoms with Crippen molar-refractivity contribution in [1.29, 1.82) is 0 Å². The van der Waals surface area contributed by atoms with E-state index in [9.17, 15) is 18.6 Å². The number of phosphoric ester groups is 1. The summed E-state index contributed by atoms with van der Waals surface area (Å²) in [6.45, 7) is -0.524. The van der Waals surface area contributed by atoms with Gasteiger partial charge in [-0.1, -0.05) is 0 Å². The van der Waals surface area contributed by atoms with Crippen LogP contribution in [0.4, 0.5) is 5.82 Å². The Kier molecular flexibility index (Phi) is 6.26. The van der Waals surface area contributed by atoms with E-state index in [1.165, 1.54) is 12.7 Å². The molecule has 0 spiro atoms. The number of nitrogens with two attached hydrogens (primary N) is 1. The van der Waals surface area contributed by atoms with Crippen molar-refractivity contribution in [2.24, 2.45) is 0 Å². The Hall–Kier alpha value is -1.28. The Labute approximate surface area is 162 Å². The topological polar surface area (TPSA) is 239 Å². The second-order valence-corrected chi connectivity index (χ2v) is 10.2. The number of anilines is 1. The Bertz CT molecular complexity index is 1040. The summed E-state index contributed by atoms with van der Waals surface area (Å²) in [5.74, 6) is 0.191. The normalized spacial score (nSPS) is 24.4. The fraction of sp³-hybridized carbons (Fsp3) is 0.500. The van der Waals surface area contributed by atoms with Crippen LogP contribution >= 0.6 is 23.5 Å². The lowest BCUT2D eigenvalue weighted by atomic mass is 10.2. The summed E-state index contributed by atoms with van der Waals surface area (Å²) in [5.41, 5.74) is 6.53. The van der Waals surface area contributed by atoms with Crippen molar-refractivity contribution in [2.75, 3.05) is 12.3 Å². The highest BCUT2D eigenvalue weighted by atomic mass is 32.2. The number of hydrogen-bond donors (Lipinski definition) is 5. The number of nitrogens with zero attached hydrogens (tertiary/aromatic N) is 4. The van der Waals surface area contributed by atoms with Crippen LogP contribution in [0.1, 0.15) is 19.1 Å². The molecule has 1 fully saturated rings. The van der Waals surface area contributed by atoms with Crippen molar-refractivity contribution >= 4 is 40.4 Å². The molecule has 19 heteroatoms. The first-order valence-corrected chi connectivity index (χ1v) is 12.2. The van der Waals surface area contributed by atoms with Gasteiger partial charge in [0.25, 0.3) is 0 Å². The van der Waals surface area contributed by atoms with Crippen LogP contribution in [0.25, 0.3) is 11.2 Å². The number of rotatable bonds is 8. The average Bonchev–Trinajstić information content (AvgIpc) is 3.16. The first kappa shape index (κ1) is 22.4. The van der Waals surface area contributed by atoms with Gasteiger partial charge in [0.1, 0.15) is 18.1 Å². The van der Waals surface area contributed by atoms with Gasteiger partial charge in [0.2, 0.25) is 0 Å². The molecule has 29 heavy (non-hydrogen) atoms. The Morgan fingerprint density at radius 3 is 2.52 bits per heavy atom. The molecule has 2 aromatic heterocycles. The van der Waals surface area contributed by atoms with E-state index in [1.54, 1.807) is 4.57 Å². The predicted octanol–water partition coefficient (Wildman–Crippen LogP) is 0.429. The minimum absolute atomic E-state index is 0.191.